The molecule has 0 aliphatic carbocycles. The van der Waals surface area contributed by atoms with Crippen molar-refractivity contribution < 1.29 is 18.6 Å². The topological polar surface area (TPSA) is 85.1 Å². The molecule has 0 radical (unpaired) electrons. The van der Waals surface area contributed by atoms with E-state index in [4.69, 9.17) is 19.2 Å². The van der Waals surface area contributed by atoms with Gasteiger partial charge in [0.05, 0.1) is 32.7 Å². The van der Waals surface area contributed by atoms with Crippen LogP contribution >= 0.6 is 0 Å². The van der Waals surface area contributed by atoms with E-state index in [2.05, 4.69) is 21.0 Å². The number of benzene rings is 3. The molecule has 0 spiro atoms. The van der Waals surface area contributed by atoms with Gasteiger partial charge in [0.25, 0.3) is 0 Å². The first-order valence-electron chi connectivity index (χ1n) is 12.3. The summed E-state index contributed by atoms with van der Waals surface area (Å²) < 4.78 is 30.4. The first-order valence-corrected chi connectivity index (χ1v) is 12.3. The maximum Gasteiger partial charge on any atom is 0.203 e. The first kappa shape index (κ1) is 24.2. The molecule has 6 rings (SSSR count). The van der Waals surface area contributed by atoms with Gasteiger partial charge >= 0.3 is 0 Å². The third kappa shape index (κ3) is 4.35. The summed E-state index contributed by atoms with van der Waals surface area (Å²) in [5, 5.41) is 0.930. The molecule has 0 atom stereocenters. The van der Waals surface area contributed by atoms with Crippen LogP contribution in [0.3, 0.4) is 0 Å². The van der Waals surface area contributed by atoms with E-state index in [1.165, 1.54) is 12.1 Å². The van der Waals surface area contributed by atoms with Crippen molar-refractivity contribution in [2.75, 3.05) is 21.3 Å². The number of aromatic nitrogens is 4. The molecule has 39 heavy (non-hydrogen) atoms. The number of hydrogen-bond donors (Lipinski definition) is 2. The van der Waals surface area contributed by atoms with Crippen molar-refractivity contribution in [3.63, 3.8) is 0 Å². The van der Waals surface area contributed by atoms with Gasteiger partial charge in [-0.2, -0.15) is 0 Å². The molecule has 0 amide bonds. The lowest BCUT2D eigenvalue weighted by molar-refractivity contribution is 0.324. The van der Waals surface area contributed by atoms with Crippen molar-refractivity contribution in [2.45, 2.75) is 0 Å². The summed E-state index contributed by atoms with van der Waals surface area (Å²) in [4.78, 5) is 16.5. The maximum atomic E-state index is 13.8. The normalized spacial score (nSPS) is 11.1. The highest BCUT2D eigenvalue weighted by atomic mass is 19.1. The van der Waals surface area contributed by atoms with Crippen LogP contribution in [0.25, 0.3) is 56.2 Å². The number of nitrogens with one attached hydrogen (secondary N) is 2. The van der Waals surface area contributed by atoms with Gasteiger partial charge in [-0.15, -0.1) is 0 Å². The molecule has 0 aliphatic heterocycles. The van der Waals surface area contributed by atoms with Crippen LogP contribution in [0.5, 0.6) is 17.2 Å². The SMILES string of the molecule is COc1cc(-c2nc(-c3ccc(F)cc3)c(-c3ccnc4[nH]c(-c5ccccc5)cc34)[nH]2)cc(OC)c1OC. The van der Waals surface area contributed by atoms with Crippen LogP contribution in [0.15, 0.2) is 85.1 Å². The van der Waals surface area contributed by atoms with Crippen LogP contribution in [-0.4, -0.2) is 41.3 Å². The Labute approximate surface area is 224 Å². The number of rotatable bonds is 7. The van der Waals surface area contributed by atoms with E-state index in [1.807, 2.05) is 48.5 Å². The second kappa shape index (κ2) is 9.98. The van der Waals surface area contributed by atoms with Crippen molar-refractivity contribution in [1.82, 2.24) is 19.9 Å². The highest BCUT2D eigenvalue weighted by Gasteiger charge is 2.21. The molecule has 6 aromatic rings. The van der Waals surface area contributed by atoms with Gasteiger partial charge in [0.1, 0.15) is 17.3 Å². The Hall–Kier alpha value is -5.11. The minimum absolute atomic E-state index is 0.315. The molecule has 3 aromatic carbocycles. The van der Waals surface area contributed by atoms with Gasteiger partial charge in [0, 0.05) is 34.0 Å². The Morgan fingerprint density at radius 1 is 0.718 bits per heavy atom. The van der Waals surface area contributed by atoms with E-state index in [9.17, 15) is 4.39 Å². The van der Waals surface area contributed by atoms with Crippen LogP contribution in [-0.2, 0) is 0 Å². The zero-order chi connectivity index (χ0) is 26.9. The molecular weight excluding hydrogens is 495 g/mol. The number of methoxy groups -OCH3 is 3. The fourth-order valence-electron chi connectivity index (χ4n) is 4.76. The number of halogens is 1. The summed E-state index contributed by atoms with van der Waals surface area (Å²) in [7, 11) is 4.71. The first-order chi connectivity index (χ1) is 19.1. The van der Waals surface area contributed by atoms with Crippen molar-refractivity contribution >= 4 is 11.0 Å². The molecule has 0 saturated carbocycles. The summed E-state index contributed by atoms with van der Waals surface area (Å²) in [6.07, 6.45) is 1.76. The Balaban J connectivity index is 1.57. The number of fused-ring (bicyclic) bond motifs is 1. The van der Waals surface area contributed by atoms with Gasteiger partial charge < -0.3 is 24.2 Å². The molecule has 0 saturated heterocycles. The van der Waals surface area contributed by atoms with Crippen molar-refractivity contribution in [3.05, 3.63) is 90.9 Å². The predicted molar refractivity (Wildman–Crippen MR) is 150 cm³/mol. The number of H-pyrrole nitrogens is 2. The highest BCUT2D eigenvalue weighted by Crippen LogP contribution is 2.43. The molecule has 3 aromatic heterocycles. The summed E-state index contributed by atoms with van der Waals surface area (Å²) >= 11 is 0. The Bertz CT molecular complexity index is 1750. The number of aromatic amines is 2. The van der Waals surface area contributed by atoms with Crippen LogP contribution in [0.1, 0.15) is 0 Å². The third-order valence-electron chi connectivity index (χ3n) is 6.65. The minimum Gasteiger partial charge on any atom is -0.493 e. The molecule has 0 fully saturated rings. The van der Waals surface area contributed by atoms with Crippen LogP contribution in [0.2, 0.25) is 0 Å². The fourth-order valence-corrected chi connectivity index (χ4v) is 4.76. The van der Waals surface area contributed by atoms with Crippen molar-refractivity contribution in [3.8, 4) is 62.4 Å². The van der Waals surface area contributed by atoms with E-state index in [0.717, 1.165) is 44.7 Å². The summed E-state index contributed by atoms with van der Waals surface area (Å²) in [5.41, 5.74) is 6.63. The zero-order valence-corrected chi connectivity index (χ0v) is 21.6. The van der Waals surface area contributed by atoms with E-state index >= 15 is 0 Å². The minimum atomic E-state index is -0.315. The quantitative estimate of drug-likeness (QED) is 0.234. The van der Waals surface area contributed by atoms with Gasteiger partial charge in [0.2, 0.25) is 5.75 Å². The lowest BCUT2D eigenvalue weighted by Gasteiger charge is -2.13. The summed E-state index contributed by atoms with van der Waals surface area (Å²) in [6, 6.07) is 24.1. The van der Waals surface area contributed by atoms with Gasteiger partial charge in [-0.05, 0) is 54.1 Å². The Morgan fingerprint density at radius 3 is 2.10 bits per heavy atom. The van der Waals surface area contributed by atoms with Gasteiger partial charge in [-0.3, -0.25) is 0 Å². The standard InChI is InChI=1S/C31H25FN4O3/c1-37-25-15-20(16-26(38-2)29(25)39-3)30-35-27(19-9-11-21(32)12-10-19)28(36-30)22-13-14-33-31-23(22)17-24(34-31)18-7-5-4-6-8-18/h4-17H,1-3H3,(H,33,34)(H,35,36). The van der Waals surface area contributed by atoms with Crippen LogP contribution in [0, 0.1) is 5.82 Å². The van der Waals surface area contributed by atoms with E-state index in [0.29, 0.717) is 28.8 Å². The van der Waals surface area contributed by atoms with Gasteiger partial charge in [-0.25, -0.2) is 14.4 Å². The molecule has 2 N–H and O–H groups in total. The fraction of sp³-hybridized carbons (Fsp3) is 0.0968. The second-order valence-electron chi connectivity index (χ2n) is 8.90. The average molecular weight is 521 g/mol. The van der Waals surface area contributed by atoms with E-state index < -0.39 is 0 Å². The molecule has 7 nitrogen and oxygen atoms in total. The van der Waals surface area contributed by atoms with Gasteiger partial charge in [-0.1, -0.05) is 30.3 Å². The molecule has 0 bridgehead atoms. The van der Waals surface area contributed by atoms with E-state index in [-0.39, 0.29) is 5.82 Å². The summed E-state index contributed by atoms with van der Waals surface area (Å²) in [5.74, 6) is 1.79. The summed E-state index contributed by atoms with van der Waals surface area (Å²) in [6.45, 7) is 0. The monoisotopic (exact) mass is 520 g/mol. The molecule has 3 heterocycles. The maximum absolute atomic E-state index is 13.8. The largest absolute Gasteiger partial charge is 0.493 e. The average Bonchev–Trinajstić information content (AvgIpc) is 3.62. The van der Waals surface area contributed by atoms with Crippen molar-refractivity contribution in [1.29, 1.82) is 0 Å². The second-order valence-corrected chi connectivity index (χ2v) is 8.90. The highest BCUT2D eigenvalue weighted by molar-refractivity contribution is 5.98. The predicted octanol–water partition coefficient (Wildman–Crippen LogP) is 7.12. The van der Waals surface area contributed by atoms with Crippen molar-refractivity contribution in [2.24, 2.45) is 0 Å². The smallest absolute Gasteiger partial charge is 0.203 e. The molecule has 194 valence electrons. The number of imidazole rings is 1. The third-order valence-corrected chi connectivity index (χ3v) is 6.65. The van der Waals surface area contributed by atoms with E-state index in [1.54, 1.807) is 39.7 Å². The number of hydrogen-bond acceptors (Lipinski definition) is 5. The molecule has 0 unspecified atom stereocenters. The molecular formula is C31H25FN4O3. The Kier molecular flexibility index (Phi) is 6.20. The van der Waals surface area contributed by atoms with Gasteiger partial charge in [0.15, 0.2) is 11.5 Å². The number of ether oxygens (including phenoxy) is 3. The molecule has 0 aliphatic rings. The molecule has 8 heteroatoms. The lowest BCUT2D eigenvalue weighted by atomic mass is 10.0. The number of pyridine rings is 1. The van der Waals surface area contributed by atoms with Crippen LogP contribution < -0.4 is 14.2 Å². The van der Waals surface area contributed by atoms with Crippen LogP contribution in [0.4, 0.5) is 4.39 Å². The lowest BCUT2D eigenvalue weighted by Crippen LogP contribution is -1.96. The number of nitrogens with zero attached hydrogens (tertiary/aromatic N) is 2. The Morgan fingerprint density at radius 2 is 1.44 bits per heavy atom. The zero-order valence-electron chi connectivity index (χ0n) is 21.6.